The lowest BCUT2D eigenvalue weighted by atomic mass is 10.1. The fraction of sp³-hybridized carbons (Fsp3) is 0. The van der Waals surface area contributed by atoms with E-state index >= 15 is 0 Å². The molecule has 0 amide bonds. The average Bonchev–Trinajstić information content (AvgIpc) is 3.23. The maximum absolute atomic E-state index is 13.4. The summed E-state index contributed by atoms with van der Waals surface area (Å²) in [7, 11) is 0. The zero-order valence-electron chi connectivity index (χ0n) is 14.0. The van der Waals surface area contributed by atoms with Crippen LogP contribution >= 0.6 is 0 Å². The van der Waals surface area contributed by atoms with Crippen molar-refractivity contribution in [3.05, 3.63) is 84.8 Å². The Kier molecular flexibility index (Phi) is 4.29. The Balaban J connectivity index is 1.68. The normalized spacial score (nSPS) is 10.4. The summed E-state index contributed by atoms with van der Waals surface area (Å²) in [6.07, 6.45) is 6.72. The van der Waals surface area contributed by atoms with Crippen LogP contribution in [0.25, 0.3) is 16.9 Å². The van der Waals surface area contributed by atoms with Gasteiger partial charge in [0.25, 0.3) is 0 Å². The van der Waals surface area contributed by atoms with Gasteiger partial charge in [-0.1, -0.05) is 18.2 Å². The maximum Gasteiger partial charge on any atom is 0.227 e. The first kappa shape index (κ1) is 16.4. The summed E-state index contributed by atoms with van der Waals surface area (Å²) in [6, 6.07) is 15.7. The highest BCUT2D eigenvalue weighted by Gasteiger charge is 2.10. The third-order valence-corrected chi connectivity index (χ3v) is 3.93. The van der Waals surface area contributed by atoms with E-state index < -0.39 is 0 Å². The minimum atomic E-state index is -0.357. The van der Waals surface area contributed by atoms with Crippen LogP contribution in [-0.4, -0.2) is 19.5 Å². The van der Waals surface area contributed by atoms with Crippen molar-refractivity contribution in [2.24, 2.45) is 0 Å². The van der Waals surface area contributed by atoms with Gasteiger partial charge in [-0.05, 0) is 30.3 Å². The zero-order valence-corrected chi connectivity index (χ0v) is 14.0. The molecule has 2 heterocycles. The van der Waals surface area contributed by atoms with Gasteiger partial charge in [-0.15, -0.1) is 0 Å². The summed E-state index contributed by atoms with van der Waals surface area (Å²) in [5.41, 5.74) is 3.11. The molecule has 1 N–H and O–H groups in total. The maximum atomic E-state index is 13.4. The summed E-state index contributed by atoms with van der Waals surface area (Å²) in [4.78, 5) is 12.6. The van der Waals surface area contributed by atoms with E-state index in [4.69, 9.17) is 0 Å². The summed E-state index contributed by atoms with van der Waals surface area (Å²) in [6.45, 7) is 0. The van der Waals surface area contributed by atoms with Crippen molar-refractivity contribution in [2.45, 2.75) is 0 Å². The molecule has 2 aromatic carbocycles. The number of nitrogens with one attached hydrogen (secondary N) is 1. The highest BCUT2D eigenvalue weighted by molar-refractivity contribution is 5.69. The first-order chi connectivity index (χ1) is 13.2. The van der Waals surface area contributed by atoms with E-state index in [0.717, 1.165) is 11.3 Å². The number of benzene rings is 2. The number of anilines is 2. The van der Waals surface area contributed by atoms with Gasteiger partial charge >= 0.3 is 0 Å². The number of nitrogens with zero attached hydrogens (tertiary/aromatic N) is 5. The summed E-state index contributed by atoms with van der Waals surface area (Å²) in [5, 5.41) is 12.3. The number of hydrogen-bond donors (Lipinski definition) is 1. The first-order valence-corrected chi connectivity index (χ1v) is 8.11. The molecule has 0 aliphatic carbocycles. The first-order valence-electron chi connectivity index (χ1n) is 8.11. The number of imidazole rings is 1. The Morgan fingerprint density at radius 1 is 1.11 bits per heavy atom. The molecule has 6 nitrogen and oxygen atoms in total. The van der Waals surface area contributed by atoms with Crippen molar-refractivity contribution in [1.82, 2.24) is 19.5 Å². The summed E-state index contributed by atoms with van der Waals surface area (Å²) in [5.74, 6) is -0.0720. The molecule has 2 aromatic heterocycles. The van der Waals surface area contributed by atoms with Crippen LogP contribution in [0.3, 0.4) is 0 Å². The van der Waals surface area contributed by atoms with Gasteiger partial charge < -0.3 is 9.88 Å². The number of hydrogen-bond acceptors (Lipinski definition) is 5. The van der Waals surface area contributed by atoms with E-state index in [1.165, 1.54) is 18.3 Å². The second kappa shape index (κ2) is 7.06. The van der Waals surface area contributed by atoms with E-state index in [1.807, 2.05) is 35.0 Å². The smallest absolute Gasteiger partial charge is 0.227 e. The predicted octanol–water partition coefficient (Wildman–Crippen LogP) is 4.08. The quantitative estimate of drug-likeness (QED) is 0.596. The number of halogens is 1. The molecule has 27 heavy (non-hydrogen) atoms. The van der Waals surface area contributed by atoms with Crippen molar-refractivity contribution < 1.29 is 4.39 Å². The largest absolute Gasteiger partial charge is 0.324 e. The van der Waals surface area contributed by atoms with Gasteiger partial charge in [-0.3, -0.25) is 0 Å². The molecular formula is C20H13FN6. The van der Waals surface area contributed by atoms with Crippen LogP contribution in [0.1, 0.15) is 5.56 Å². The lowest BCUT2D eigenvalue weighted by Crippen LogP contribution is -2.01. The number of aromatic nitrogens is 4. The fourth-order valence-corrected chi connectivity index (χ4v) is 2.64. The van der Waals surface area contributed by atoms with Crippen LogP contribution in [0.5, 0.6) is 0 Å². The van der Waals surface area contributed by atoms with E-state index in [1.54, 1.807) is 24.7 Å². The van der Waals surface area contributed by atoms with Crippen LogP contribution in [0.2, 0.25) is 0 Å². The Morgan fingerprint density at radius 3 is 2.67 bits per heavy atom. The predicted molar refractivity (Wildman–Crippen MR) is 99.0 cm³/mol. The lowest BCUT2D eigenvalue weighted by molar-refractivity contribution is 0.628. The van der Waals surface area contributed by atoms with Crippen molar-refractivity contribution in [3.63, 3.8) is 0 Å². The van der Waals surface area contributed by atoms with Gasteiger partial charge in [0, 0.05) is 29.3 Å². The highest BCUT2D eigenvalue weighted by atomic mass is 19.1. The van der Waals surface area contributed by atoms with E-state index in [2.05, 4.69) is 26.3 Å². The molecule has 0 saturated carbocycles. The average molecular weight is 356 g/mol. The number of nitriles is 1. The van der Waals surface area contributed by atoms with Crippen LogP contribution in [0.15, 0.2) is 73.4 Å². The molecule has 0 unspecified atom stereocenters. The Bertz CT molecular complexity index is 1110. The standard InChI is InChI=1S/C20H13FN6/c21-16-2-1-3-17(10-16)25-20-24-12-15(11-22)19(26-20)14-4-6-18(7-5-14)27-9-8-23-13-27/h1-10,12-13H,(H,24,25,26). The van der Waals surface area contributed by atoms with Gasteiger partial charge in [0.15, 0.2) is 0 Å². The summed E-state index contributed by atoms with van der Waals surface area (Å²) < 4.78 is 15.2. The van der Waals surface area contributed by atoms with Crippen molar-refractivity contribution in [3.8, 4) is 23.0 Å². The van der Waals surface area contributed by atoms with Gasteiger partial charge in [-0.2, -0.15) is 5.26 Å². The minimum Gasteiger partial charge on any atom is -0.324 e. The molecule has 4 aromatic rings. The van der Waals surface area contributed by atoms with Crippen LogP contribution < -0.4 is 5.32 Å². The molecule has 0 bridgehead atoms. The van der Waals surface area contributed by atoms with Crippen molar-refractivity contribution in [1.29, 1.82) is 5.26 Å². The molecular weight excluding hydrogens is 343 g/mol. The van der Waals surface area contributed by atoms with Gasteiger partial charge in [-0.25, -0.2) is 19.3 Å². The number of rotatable bonds is 4. The molecule has 0 fully saturated rings. The molecule has 4 rings (SSSR count). The highest BCUT2D eigenvalue weighted by Crippen LogP contribution is 2.24. The summed E-state index contributed by atoms with van der Waals surface area (Å²) >= 11 is 0. The Labute approximate surface area is 154 Å². The molecule has 7 heteroatoms. The molecule has 0 radical (unpaired) electrons. The van der Waals surface area contributed by atoms with Crippen LogP contribution in [-0.2, 0) is 0 Å². The van der Waals surface area contributed by atoms with Crippen molar-refractivity contribution in [2.75, 3.05) is 5.32 Å². The minimum absolute atomic E-state index is 0.285. The van der Waals surface area contributed by atoms with E-state index in [9.17, 15) is 9.65 Å². The fourth-order valence-electron chi connectivity index (χ4n) is 2.64. The van der Waals surface area contributed by atoms with Gasteiger partial charge in [0.05, 0.1) is 23.8 Å². The van der Waals surface area contributed by atoms with Crippen LogP contribution in [0.4, 0.5) is 16.0 Å². The second-order valence-electron chi connectivity index (χ2n) is 5.72. The monoisotopic (exact) mass is 356 g/mol. The van der Waals surface area contributed by atoms with E-state index in [0.29, 0.717) is 16.9 Å². The molecule has 0 saturated heterocycles. The lowest BCUT2D eigenvalue weighted by Gasteiger charge is -2.09. The topological polar surface area (TPSA) is 79.4 Å². The molecule has 130 valence electrons. The zero-order chi connectivity index (χ0) is 18.6. The third-order valence-electron chi connectivity index (χ3n) is 3.93. The Hall–Kier alpha value is -4.05. The second-order valence-corrected chi connectivity index (χ2v) is 5.72. The molecule has 0 aliphatic heterocycles. The van der Waals surface area contributed by atoms with Gasteiger partial charge in [0.2, 0.25) is 5.95 Å². The van der Waals surface area contributed by atoms with Crippen molar-refractivity contribution >= 4 is 11.6 Å². The third kappa shape index (κ3) is 3.50. The molecule has 0 atom stereocenters. The Morgan fingerprint density at radius 2 is 1.96 bits per heavy atom. The molecule has 0 spiro atoms. The van der Waals surface area contributed by atoms with Gasteiger partial charge in [0.1, 0.15) is 11.9 Å². The SMILES string of the molecule is N#Cc1cnc(Nc2cccc(F)c2)nc1-c1ccc(-n2ccnc2)cc1. The molecule has 0 aliphatic rings. The van der Waals surface area contributed by atoms with E-state index in [-0.39, 0.29) is 11.8 Å². The van der Waals surface area contributed by atoms with Crippen LogP contribution in [0, 0.1) is 17.1 Å².